The lowest BCUT2D eigenvalue weighted by Crippen LogP contribution is -2.47. The van der Waals surface area contributed by atoms with Gasteiger partial charge in [0.1, 0.15) is 0 Å². The molecule has 0 bridgehead atoms. The Morgan fingerprint density at radius 2 is 2.09 bits per heavy atom. The first-order chi connectivity index (χ1) is 5.01. The van der Waals surface area contributed by atoms with E-state index >= 15 is 0 Å². The molecule has 1 heterocycles. The SMILES string of the molecule is CC(C)C1CS(=O)(=O)CCN1. The molecule has 1 rings (SSSR count). The second-order valence-corrected chi connectivity index (χ2v) is 5.65. The Morgan fingerprint density at radius 3 is 2.45 bits per heavy atom. The van der Waals surface area contributed by atoms with Crippen molar-refractivity contribution in [3.05, 3.63) is 0 Å². The minimum Gasteiger partial charge on any atom is -0.312 e. The van der Waals surface area contributed by atoms with Crippen molar-refractivity contribution in [1.82, 2.24) is 5.32 Å². The van der Waals surface area contributed by atoms with Crippen LogP contribution in [0, 0.1) is 5.92 Å². The van der Waals surface area contributed by atoms with Crippen molar-refractivity contribution in [2.75, 3.05) is 18.1 Å². The second kappa shape index (κ2) is 3.11. The Kier molecular flexibility index (Phi) is 2.54. The number of rotatable bonds is 1. The van der Waals surface area contributed by atoms with Gasteiger partial charge in [0.15, 0.2) is 9.84 Å². The van der Waals surface area contributed by atoms with Gasteiger partial charge in [0.05, 0.1) is 11.5 Å². The van der Waals surface area contributed by atoms with Gasteiger partial charge >= 0.3 is 0 Å². The van der Waals surface area contributed by atoms with Crippen molar-refractivity contribution in [3.63, 3.8) is 0 Å². The standard InChI is InChI=1S/C7H15NO2S/c1-6(2)7-5-11(9,10)4-3-8-7/h6-8H,3-5H2,1-2H3. The van der Waals surface area contributed by atoms with Gasteiger partial charge < -0.3 is 5.32 Å². The highest BCUT2D eigenvalue weighted by Crippen LogP contribution is 2.09. The maximum Gasteiger partial charge on any atom is 0.153 e. The summed E-state index contributed by atoms with van der Waals surface area (Å²) in [6.45, 7) is 4.70. The Bertz CT molecular complexity index is 221. The molecule has 0 saturated carbocycles. The summed E-state index contributed by atoms with van der Waals surface area (Å²) in [5, 5.41) is 3.19. The van der Waals surface area contributed by atoms with Gasteiger partial charge in [-0.25, -0.2) is 8.42 Å². The first-order valence-electron chi connectivity index (χ1n) is 3.95. The summed E-state index contributed by atoms with van der Waals surface area (Å²) in [7, 11) is -2.74. The van der Waals surface area contributed by atoms with Crippen LogP contribution in [0.3, 0.4) is 0 Å². The van der Waals surface area contributed by atoms with E-state index in [-0.39, 0.29) is 6.04 Å². The molecule has 1 unspecified atom stereocenters. The summed E-state index contributed by atoms with van der Waals surface area (Å²) in [4.78, 5) is 0. The minimum absolute atomic E-state index is 0.161. The molecule has 0 radical (unpaired) electrons. The first kappa shape index (κ1) is 9.00. The Morgan fingerprint density at radius 1 is 1.45 bits per heavy atom. The van der Waals surface area contributed by atoms with Gasteiger partial charge in [-0.1, -0.05) is 13.8 Å². The zero-order chi connectivity index (χ0) is 8.48. The van der Waals surface area contributed by atoms with Gasteiger partial charge in [-0.2, -0.15) is 0 Å². The quantitative estimate of drug-likeness (QED) is 0.614. The lowest BCUT2D eigenvalue weighted by atomic mass is 10.1. The summed E-state index contributed by atoms with van der Waals surface area (Å²) in [5.74, 6) is 1.02. The molecule has 66 valence electrons. The van der Waals surface area contributed by atoms with E-state index in [1.165, 1.54) is 0 Å². The Balaban J connectivity index is 2.61. The van der Waals surface area contributed by atoms with Crippen LogP contribution < -0.4 is 5.32 Å². The van der Waals surface area contributed by atoms with E-state index in [1.807, 2.05) is 13.8 Å². The topological polar surface area (TPSA) is 46.2 Å². The molecular weight excluding hydrogens is 162 g/mol. The molecule has 0 spiro atoms. The van der Waals surface area contributed by atoms with Gasteiger partial charge in [0.2, 0.25) is 0 Å². The van der Waals surface area contributed by atoms with Crippen molar-refractivity contribution in [2.45, 2.75) is 19.9 Å². The third-order valence-corrected chi connectivity index (χ3v) is 3.75. The summed E-state index contributed by atoms with van der Waals surface area (Å²) >= 11 is 0. The fourth-order valence-corrected chi connectivity index (χ4v) is 2.89. The van der Waals surface area contributed by atoms with E-state index in [0.29, 0.717) is 24.0 Å². The maximum atomic E-state index is 11.1. The molecule has 1 saturated heterocycles. The van der Waals surface area contributed by atoms with E-state index in [4.69, 9.17) is 0 Å². The van der Waals surface area contributed by atoms with Gasteiger partial charge in [-0.15, -0.1) is 0 Å². The highest BCUT2D eigenvalue weighted by molar-refractivity contribution is 7.91. The van der Waals surface area contributed by atoms with E-state index in [1.54, 1.807) is 0 Å². The van der Waals surface area contributed by atoms with Gasteiger partial charge in [0.25, 0.3) is 0 Å². The monoisotopic (exact) mass is 177 g/mol. The normalized spacial score (nSPS) is 30.6. The molecular formula is C7H15NO2S. The smallest absolute Gasteiger partial charge is 0.153 e. The molecule has 1 N–H and O–H groups in total. The fourth-order valence-electron chi connectivity index (χ4n) is 1.24. The zero-order valence-electron chi connectivity index (χ0n) is 7.00. The van der Waals surface area contributed by atoms with Gasteiger partial charge in [0, 0.05) is 12.6 Å². The fraction of sp³-hybridized carbons (Fsp3) is 1.00. The van der Waals surface area contributed by atoms with E-state index in [0.717, 1.165) is 0 Å². The van der Waals surface area contributed by atoms with Crippen LogP contribution in [0.2, 0.25) is 0 Å². The van der Waals surface area contributed by atoms with E-state index in [9.17, 15) is 8.42 Å². The van der Waals surface area contributed by atoms with Crippen LogP contribution in [0.5, 0.6) is 0 Å². The largest absolute Gasteiger partial charge is 0.312 e. The average molecular weight is 177 g/mol. The minimum atomic E-state index is -2.74. The molecule has 1 atom stereocenters. The molecule has 0 amide bonds. The van der Waals surface area contributed by atoms with Crippen LogP contribution in [0.15, 0.2) is 0 Å². The van der Waals surface area contributed by atoms with Crippen LogP contribution in [-0.4, -0.2) is 32.5 Å². The first-order valence-corrected chi connectivity index (χ1v) is 5.77. The summed E-state index contributed by atoms with van der Waals surface area (Å²) in [6, 6.07) is 0.161. The van der Waals surface area contributed by atoms with Crippen molar-refractivity contribution in [2.24, 2.45) is 5.92 Å². The molecule has 1 aliphatic heterocycles. The van der Waals surface area contributed by atoms with Crippen LogP contribution >= 0.6 is 0 Å². The Labute approximate surface area is 68.1 Å². The van der Waals surface area contributed by atoms with Crippen molar-refractivity contribution >= 4 is 9.84 Å². The maximum absolute atomic E-state index is 11.1. The predicted octanol–water partition coefficient (Wildman–Crippen LogP) is 0.0290. The molecule has 0 aromatic heterocycles. The van der Waals surface area contributed by atoms with Crippen LogP contribution in [0.4, 0.5) is 0 Å². The number of hydrogen-bond donors (Lipinski definition) is 1. The van der Waals surface area contributed by atoms with Crippen LogP contribution in [0.1, 0.15) is 13.8 Å². The van der Waals surface area contributed by atoms with Crippen molar-refractivity contribution in [3.8, 4) is 0 Å². The lowest BCUT2D eigenvalue weighted by Gasteiger charge is -2.26. The molecule has 1 aliphatic rings. The third kappa shape index (κ3) is 2.45. The molecule has 0 aromatic rings. The molecule has 1 fully saturated rings. The number of hydrogen-bond acceptors (Lipinski definition) is 3. The highest BCUT2D eigenvalue weighted by Gasteiger charge is 2.25. The summed E-state index contributed by atoms with van der Waals surface area (Å²) in [6.07, 6.45) is 0. The predicted molar refractivity (Wildman–Crippen MR) is 45.3 cm³/mol. The van der Waals surface area contributed by atoms with E-state index in [2.05, 4.69) is 5.32 Å². The second-order valence-electron chi connectivity index (χ2n) is 3.42. The molecule has 4 heteroatoms. The van der Waals surface area contributed by atoms with E-state index < -0.39 is 9.84 Å². The highest BCUT2D eigenvalue weighted by atomic mass is 32.2. The zero-order valence-corrected chi connectivity index (χ0v) is 7.82. The summed E-state index contributed by atoms with van der Waals surface area (Å²) in [5.41, 5.74) is 0. The molecule has 0 aromatic carbocycles. The van der Waals surface area contributed by atoms with Crippen molar-refractivity contribution < 1.29 is 8.42 Å². The van der Waals surface area contributed by atoms with Crippen molar-refractivity contribution in [1.29, 1.82) is 0 Å². The van der Waals surface area contributed by atoms with Gasteiger partial charge in [-0.3, -0.25) is 0 Å². The van der Waals surface area contributed by atoms with Crippen LogP contribution in [-0.2, 0) is 9.84 Å². The lowest BCUT2D eigenvalue weighted by molar-refractivity contribution is 0.421. The average Bonchev–Trinajstić information content (AvgIpc) is 1.85. The third-order valence-electron chi connectivity index (χ3n) is 2.06. The number of sulfone groups is 1. The summed E-state index contributed by atoms with van der Waals surface area (Å²) < 4.78 is 22.3. The molecule has 11 heavy (non-hydrogen) atoms. The van der Waals surface area contributed by atoms with Crippen LogP contribution in [0.25, 0.3) is 0 Å². The van der Waals surface area contributed by atoms with Gasteiger partial charge in [-0.05, 0) is 5.92 Å². The molecule has 0 aliphatic carbocycles. The number of nitrogens with one attached hydrogen (secondary N) is 1. The Hall–Kier alpha value is -0.0900. The molecule has 3 nitrogen and oxygen atoms in total.